The molecule has 5 aromatic rings. The van der Waals surface area contributed by atoms with Crippen molar-refractivity contribution in [2.24, 2.45) is 0 Å². The minimum atomic E-state index is 0.979. The number of aromatic nitrogens is 2. The molecule has 0 unspecified atom stereocenters. The van der Waals surface area contributed by atoms with E-state index in [1.165, 1.54) is 0 Å². The van der Waals surface area contributed by atoms with Crippen molar-refractivity contribution in [2.75, 3.05) is 19.0 Å². The van der Waals surface area contributed by atoms with Crippen LogP contribution in [-0.4, -0.2) is 23.9 Å². The van der Waals surface area contributed by atoms with Crippen molar-refractivity contribution in [1.29, 1.82) is 0 Å². The Balaban J connectivity index is 1.83. The second kappa shape index (κ2) is 8.56. The van der Waals surface area contributed by atoms with Crippen molar-refractivity contribution in [3.8, 4) is 39.3 Å². The van der Waals surface area contributed by atoms with Gasteiger partial charge in [0.25, 0.3) is 0 Å². The molecule has 156 valence electrons. The average molecular weight is 416 g/mol. The third kappa shape index (κ3) is 3.69. The van der Waals surface area contributed by atoms with Crippen LogP contribution >= 0.6 is 0 Å². The molecule has 1 heterocycles. The molecule has 32 heavy (non-hydrogen) atoms. The van der Waals surface area contributed by atoms with Crippen LogP contribution < -0.4 is 4.90 Å². The Hall–Kier alpha value is -4.11. The van der Waals surface area contributed by atoms with Crippen molar-refractivity contribution in [2.45, 2.75) is 0 Å². The zero-order valence-electron chi connectivity index (χ0n) is 18.3. The van der Waals surface area contributed by atoms with E-state index in [1.54, 1.807) is 0 Å². The Morgan fingerprint density at radius 2 is 1.06 bits per heavy atom. The number of hydrogen-bond acceptors (Lipinski definition) is 2. The Bertz CT molecular complexity index is 1300. The third-order valence-corrected chi connectivity index (χ3v) is 5.65. The maximum Gasteiger partial charge on any atom is 0.101 e. The van der Waals surface area contributed by atoms with Gasteiger partial charge in [-0.3, -0.25) is 0 Å². The van der Waals surface area contributed by atoms with Crippen LogP contribution in [0.4, 0.5) is 5.69 Å². The lowest BCUT2D eigenvalue weighted by molar-refractivity contribution is 0.891. The lowest BCUT2D eigenvalue weighted by Crippen LogP contribution is -2.08. The van der Waals surface area contributed by atoms with E-state index in [-0.39, 0.29) is 0 Å². The number of rotatable bonds is 5. The monoisotopic (exact) mass is 415 g/mol. The van der Waals surface area contributed by atoms with Gasteiger partial charge in [0.1, 0.15) is 5.69 Å². The van der Waals surface area contributed by atoms with E-state index in [0.29, 0.717) is 0 Å². The summed E-state index contributed by atoms with van der Waals surface area (Å²) in [5.74, 6) is 0. The predicted molar refractivity (Wildman–Crippen MR) is 134 cm³/mol. The first kappa shape index (κ1) is 19.8. The van der Waals surface area contributed by atoms with Gasteiger partial charge in [0, 0.05) is 36.5 Å². The first-order valence-electron chi connectivity index (χ1n) is 10.8. The summed E-state index contributed by atoms with van der Waals surface area (Å²) in [5.41, 5.74) is 8.80. The first-order valence-corrected chi connectivity index (χ1v) is 10.8. The highest BCUT2D eigenvalue weighted by Gasteiger charge is 2.22. The minimum Gasteiger partial charge on any atom is -0.378 e. The van der Waals surface area contributed by atoms with Crippen LogP contribution in [0.1, 0.15) is 0 Å². The summed E-state index contributed by atoms with van der Waals surface area (Å²) in [7, 11) is 4.11. The summed E-state index contributed by atoms with van der Waals surface area (Å²) in [6, 6.07) is 40.1. The number of anilines is 1. The quantitative estimate of drug-likeness (QED) is 0.310. The summed E-state index contributed by atoms with van der Waals surface area (Å²) in [6.07, 6.45) is 0. The van der Waals surface area contributed by atoms with Crippen LogP contribution in [0.2, 0.25) is 0 Å². The molecule has 0 saturated carbocycles. The summed E-state index contributed by atoms with van der Waals surface area (Å²) >= 11 is 0. The SMILES string of the molecule is CN(C)c1ccc(-n2nc(-c3ccccc3)c(-c3ccccc3)c2-c2ccccc2)cc1. The van der Waals surface area contributed by atoms with Gasteiger partial charge in [-0.2, -0.15) is 5.10 Å². The molecule has 0 spiro atoms. The first-order chi connectivity index (χ1) is 15.7. The molecule has 0 fully saturated rings. The Kier molecular flexibility index (Phi) is 5.30. The molecule has 0 amide bonds. The van der Waals surface area contributed by atoms with Crippen LogP contribution in [0.3, 0.4) is 0 Å². The van der Waals surface area contributed by atoms with Crippen LogP contribution in [0.5, 0.6) is 0 Å². The van der Waals surface area contributed by atoms with E-state index in [0.717, 1.165) is 45.0 Å². The molecule has 0 N–H and O–H groups in total. The van der Waals surface area contributed by atoms with Crippen LogP contribution in [0, 0.1) is 0 Å². The average Bonchev–Trinajstić information content (AvgIpc) is 3.26. The van der Waals surface area contributed by atoms with Gasteiger partial charge in [0.15, 0.2) is 0 Å². The maximum atomic E-state index is 5.18. The van der Waals surface area contributed by atoms with Gasteiger partial charge in [-0.05, 0) is 29.8 Å². The predicted octanol–water partition coefficient (Wildman–Crippen LogP) is 6.94. The molecule has 0 saturated heterocycles. The smallest absolute Gasteiger partial charge is 0.101 e. The molecule has 0 atom stereocenters. The fraction of sp³-hybridized carbons (Fsp3) is 0.0690. The van der Waals surface area contributed by atoms with E-state index in [4.69, 9.17) is 5.10 Å². The molecule has 4 aromatic carbocycles. The Labute approximate surface area is 189 Å². The van der Waals surface area contributed by atoms with Gasteiger partial charge in [-0.15, -0.1) is 0 Å². The highest BCUT2D eigenvalue weighted by atomic mass is 15.3. The minimum absolute atomic E-state index is 0.979. The zero-order chi connectivity index (χ0) is 21.9. The van der Waals surface area contributed by atoms with Gasteiger partial charge < -0.3 is 4.90 Å². The van der Waals surface area contributed by atoms with Crippen molar-refractivity contribution in [1.82, 2.24) is 9.78 Å². The highest BCUT2D eigenvalue weighted by Crippen LogP contribution is 2.41. The van der Waals surface area contributed by atoms with Crippen molar-refractivity contribution >= 4 is 5.69 Å². The molecule has 0 bridgehead atoms. The topological polar surface area (TPSA) is 21.1 Å². The van der Waals surface area contributed by atoms with Crippen LogP contribution in [-0.2, 0) is 0 Å². The summed E-state index contributed by atoms with van der Waals surface area (Å²) in [6.45, 7) is 0. The Morgan fingerprint density at radius 1 is 0.562 bits per heavy atom. The molecule has 3 heteroatoms. The molecular formula is C29H25N3. The summed E-state index contributed by atoms with van der Waals surface area (Å²) < 4.78 is 2.08. The Morgan fingerprint density at radius 3 is 1.59 bits per heavy atom. The fourth-order valence-corrected chi connectivity index (χ4v) is 4.04. The summed E-state index contributed by atoms with van der Waals surface area (Å²) in [4.78, 5) is 2.11. The lowest BCUT2D eigenvalue weighted by atomic mass is 9.96. The van der Waals surface area contributed by atoms with Crippen LogP contribution in [0.25, 0.3) is 39.3 Å². The molecule has 0 aliphatic heterocycles. The van der Waals surface area contributed by atoms with E-state index in [9.17, 15) is 0 Å². The van der Waals surface area contributed by atoms with Gasteiger partial charge >= 0.3 is 0 Å². The number of nitrogens with zero attached hydrogens (tertiary/aromatic N) is 3. The highest BCUT2D eigenvalue weighted by molar-refractivity contribution is 5.92. The zero-order valence-corrected chi connectivity index (χ0v) is 18.3. The van der Waals surface area contributed by atoms with E-state index >= 15 is 0 Å². The van der Waals surface area contributed by atoms with E-state index < -0.39 is 0 Å². The fourth-order valence-electron chi connectivity index (χ4n) is 4.04. The second-order valence-corrected chi connectivity index (χ2v) is 7.99. The van der Waals surface area contributed by atoms with Gasteiger partial charge in [0.2, 0.25) is 0 Å². The molecule has 0 aliphatic carbocycles. The second-order valence-electron chi connectivity index (χ2n) is 7.99. The van der Waals surface area contributed by atoms with E-state index in [1.807, 2.05) is 6.07 Å². The van der Waals surface area contributed by atoms with Crippen molar-refractivity contribution in [3.63, 3.8) is 0 Å². The van der Waals surface area contributed by atoms with E-state index in [2.05, 4.69) is 133 Å². The molecular weight excluding hydrogens is 390 g/mol. The molecule has 1 aromatic heterocycles. The molecule has 5 rings (SSSR count). The molecule has 3 nitrogen and oxygen atoms in total. The lowest BCUT2D eigenvalue weighted by Gasteiger charge is -2.14. The van der Waals surface area contributed by atoms with Gasteiger partial charge in [-0.1, -0.05) is 91.0 Å². The maximum absolute atomic E-state index is 5.18. The van der Waals surface area contributed by atoms with Crippen molar-refractivity contribution in [3.05, 3.63) is 115 Å². The normalized spacial score (nSPS) is 10.8. The van der Waals surface area contributed by atoms with Crippen LogP contribution in [0.15, 0.2) is 115 Å². The number of benzene rings is 4. The number of hydrogen-bond donors (Lipinski definition) is 0. The standard InChI is InChI=1S/C29H25N3/c1-31(2)25-18-20-26(21-19-25)32-29(24-16-10-5-11-17-24)27(22-12-6-3-7-13-22)28(30-32)23-14-8-4-9-15-23/h3-21H,1-2H3. The molecule has 0 radical (unpaired) electrons. The summed E-state index contributed by atoms with van der Waals surface area (Å²) in [5, 5.41) is 5.18. The molecule has 0 aliphatic rings. The largest absolute Gasteiger partial charge is 0.378 e. The van der Waals surface area contributed by atoms with Crippen molar-refractivity contribution < 1.29 is 0 Å². The van der Waals surface area contributed by atoms with Gasteiger partial charge in [0.05, 0.1) is 11.4 Å². The third-order valence-electron chi connectivity index (χ3n) is 5.65. The van der Waals surface area contributed by atoms with Gasteiger partial charge in [-0.25, -0.2) is 4.68 Å².